The van der Waals surface area contributed by atoms with Gasteiger partial charge in [0.2, 0.25) is 23.6 Å². The van der Waals surface area contributed by atoms with Gasteiger partial charge in [0.15, 0.2) is 10.3 Å². The second-order valence-corrected chi connectivity index (χ2v) is 14.6. The van der Waals surface area contributed by atoms with Crippen LogP contribution in [-0.2, 0) is 32.3 Å². The van der Waals surface area contributed by atoms with Gasteiger partial charge >= 0.3 is 0 Å². The molecule has 0 bridgehead atoms. The maximum Gasteiger partial charge on any atom is 0.242 e. The van der Waals surface area contributed by atoms with Gasteiger partial charge in [-0.25, -0.2) is 9.98 Å². The fourth-order valence-corrected chi connectivity index (χ4v) is 8.07. The van der Waals surface area contributed by atoms with Crippen molar-refractivity contribution in [3.63, 3.8) is 0 Å². The van der Waals surface area contributed by atoms with E-state index in [0.717, 1.165) is 22.5 Å². The molecule has 0 aliphatic carbocycles. The number of aliphatic imine (C=N–C) groups is 2. The van der Waals surface area contributed by atoms with Crippen molar-refractivity contribution >= 4 is 68.9 Å². The summed E-state index contributed by atoms with van der Waals surface area (Å²) in [5.74, 6) is -0.714. The maximum absolute atomic E-state index is 13.7. The minimum absolute atomic E-state index is 0.0414. The number of nitrogens with one attached hydrogen (secondary N) is 2. The van der Waals surface area contributed by atoms with Gasteiger partial charge in [0.05, 0.1) is 11.4 Å². The average Bonchev–Trinajstić information content (AvgIpc) is 3.62. The van der Waals surface area contributed by atoms with Crippen molar-refractivity contribution in [2.75, 3.05) is 13.1 Å². The van der Waals surface area contributed by atoms with Crippen LogP contribution in [0.1, 0.15) is 36.8 Å². The summed E-state index contributed by atoms with van der Waals surface area (Å²) >= 11 is 2.61. The smallest absolute Gasteiger partial charge is 0.242 e. The first-order valence-corrected chi connectivity index (χ1v) is 19.0. The third kappa shape index (κ3) is 10.2. The molecule has 4 aromatic rings. The summed E-state index contributed by atoms with van der Waals surface area (Å²) in [5.41, 5.74) is 3.41. The summed E-state index contributed by atoms with van der Waals surface area (Å²) in [4.78, 5) is 66.0. The highest BCUT2D eigenvalue weighted by atomic mass is 32.2. The Balaban J connectivity index is 1.08. The Morgan fingerprint density at radius 3 is 1.25 bits per heavy atom. The van der Waals surface area contributed by atoms with Crippen LogP contribution in [0, 0.1) is 0 Å². The fourth-order valence-electron chi connectivity index (χ4n) is 5.70. The fraction of sp³-hybridized carbons (Fsp3) is 0.250. The van der Waals surface area contributed by atoms with Gasteiger partial charge in [-0.2, -0.15) is 0 Å². The zero-order chi connectivity index (χ0) is 36.1. The van der Waals surface area contributed by atoms with E-state index in [1.54, 1.807) is 9.80 Å². The van der Waals surface area contributed by atoms with Gasteiger partial charge in [0, 0.05) is 39.0 Å². The number of hydrogen-bond donors (Lipinski definition) is 2. The van der Waals surface area contributed by atoms with Crippen molar-refractivity contribution in [1.29, 1.82) is 0 Å². The zero-order valence-electron chi connectivity index (χ0n) is 28.6. The largest absolute Gasteiger partial charge is 0.352 e. The van der Waals surface area contributed by atoms with Gasteiger partial charge in [-0.1, -0.05) is 121 Å². The molecule has 0 saturated carbocycles. The Morgan fingerprint density at radius 1 is 0.538 bits per heavy atom. The van der Waals surface area contributed by atoms with Crippen molar-refractivity contribution in [3.8, 4) is 0 Å². The number of benzene rings is 4. The second kappa shape index (κ2) is 18.3. The number of para-hydroxylation sites is 2. The highest BCUT2D eigenvalue weighted by molar-refractivity contribution is 8.15. The molecule has 12 heteroatoms. The highest BCUT2D eigenvalue weighted by Gasteiger charge is 2.40. The van der Waals surface area contributed by atoms with E-state index in [0.29, 0.717) is 49.4 Å². The summed E-state index contributed by atoms with van der Waals surface area (Å²) in [7, 11) is 0. The molecule has 0 aromatic heterocycles. The first-order chi connectivity index (χ1) is 25.4. The summed E-state index contributed by atoms with van der Waals surface area (Å²) in [5, 5.41) is 5.78. The predicted octanol–water partition coefficient (Wildman–Crippen LogP) is 6.44. The number of rotatable bonds is 15. The molecule has 2 saturated heterocycles. The van der Waals surface area contributed by atoms with E-state index in [4.69, 9.17) is 9.98 Å². The number of carbonyl (C=O) groups is 4. The van der Waals surface area contributed by atoms with Crippen LogP contribution in [0.5, 0.6) is 0 Å². The molecule has 0 spiro atoms. The SMILES string of the molecule is O=C(CC1SC(=Nc2ccccc2)N(CCCCN2C(=O)C(CC(=O)NCc3ccccc3)SC2=Nc2ccccc2)C1=O)NCc1ccccc1. The van der Waals surface area contributed by atoms with E-state index < -0.39 is 10.5 Å². The van der Waals surface area contributed by atoms with Crippen molar-refractivity contribution in [2.45, 2.75) is 49.3 Å². The lowest BCUT2D eigenvalue weighted by atomic mass is 10.2. The standard InChI is InChI=1S/C40H40N6O4S2/c47-35(41-27-29-15-5-1-6-16-29)25-33-37(49)45(39(51-33)43-31-19-9-3-10-20-31)23-13-14-24-46-38(50)34(52-40(46)44-32-21-11-4-12-22-32)26-36(48)42-28-30-17-7-2-8-18-30/h1-12,15-22,33-34H,13-14,23-28H2,(H,41,47)(H,42,48). The Kier molecular flexibility index (Phi) is 12.9. The van der Waals surface area contributed by atoms with Gasteiger partial charge in [-0.15, -0.1) is 0 Å². The molecule has 10 nitrogen and oxygen atoms in total. The predicted molar refractivity (Wildman–Crippen MR) is 208 cm³/mol. The third-order valence-corrected chi connectivity index (χ3v) is 10.8. The number of amides is 4. The Bertz CT molecular complexity index is 1760. The van der Waals surface area contributed by atoms with E-state index in [1.165, 1.54) is 23.5 Å². The summed E-state index contributed by atoms with van der Waals surface area (Å²) in [6.45, 7) is 1.54. The Hall–Kier alpha value is -5.20. The number of amidine groups is 2. The lowest BCUT2D eigenvalue weighted by molar-refractivity contribution is -0.129. The molecule has 2 atom stereocenters. The van der Waals surface area contributed by atoms with Gasteiger partial charge < -0.3 is 10.6 Å². The second-order valence-electron chi connectivity index (χ2n) is 12.3. The molecule has 2 heterocycles. The van der Waals surface area contributed by atoms with Crippen LogP contribution in [-0.4, -0.2) is 67.4 Å². The van der Waals surface area contributed by atoms with Crippen molar-refractivity contribution < 1.29 is 19.2 Å². The monoisotopic (exact) mass is 732 g/mol. The number of thioether (sulfide) groups is 2. The number of nitrogens with zero attached hydrogens (tertiary/aromatic N) is 4. The van der Waals surface area contributed by atoms with E-state index in [2.05, 4.69) is 10.6 Å². The molecule has 2 N–H and O–H groups in total. The molecule has 0 radical (unpaired) electrons. The Morgan fingerprint density at radius 2 is 0.885 bits per heavy atom. The van der Waals surface area contributed by atoms with Crippen LogP contribution < -0.4 is 10.6 Å². The van der Waals surface area contributed by atoms with Crippen LogP contribution in [0.4, 0.5) is 11.4 Å². The van der Waals surface area contributed by atoms with Crippen LogP contribution in [0.2, 0.25) is 0 Å². The molecule has 4 amide bonds. The normalized spacial score (nSPS) is 18.7. The van der Waals surface area contributed by atoms with E-state index in [9.17, 15) is 19.2 Å². The lowest BCUT2D eigenvalue weighted by Crippen LogP contribution is -2.37. The van der Waals surface area contributed by atoms with Gasteiger partial charge in [-0.05, 0) is 48.2 Å². The van der Waals surface area contributed by atoms with Gasteiger partial charge in [0.1, 0.15) is 10.5 Å². The lowest BCUT2D eigenvalue weighted by Gasteiger charge is -2.19. The number of hydrogen-bond acceptors (Lipinski definition) is 8. The molecule has 4 aromatic carbocycles. The van der Waals surface area contributed by atoms with Gasteiger partial charge in [-0.3, -0.25) is 29.0 Å². The average molecular weight is 733 g/mol. The maximum atomic E-state index is 13.7. The highest BCUT2D eigenvalue weighted by Crippen LogP contribution is 2.34. The van der Waals surface area contributed by atoms with E-state index in [1.807, 2.05) is 121 Å². The van der Waals surface area contributed by atoms with Crippen molar-refractivity contribution in [1.82, 2.24) is 20.4 Å². The molecule has 2 aliphatic rings. The van der Waals surface area contributed by atoms with Crippen molar-refractivity contribution in [3.05, 3.63) is 132 Å². The zero-order valence-corrected chi connectivity index (χ0v) is 30.2. The van der Waals surface area contributed by atoms with E-state index >= 15 is 0 Å². The number of unbranched alkanes of at least 4 members (excludes halogenated alkanes) is 1. The molecular formula is C40H40N6O4S2. The van der Waals surface area contributed by atoms with Crippen LogP contribution in [0.25, 0.3) is 0 Å². The van der Waals surface area contributed by atoms with Crippen molar-refractivity contribution in [2.24, 2.45) is 9.98 Å². The summed E-state index contributed by atoms with van der Waals surface area (Å²) in [6.07, 6.45) is 1.25. The van der Waals surface area contributed by atoms with Gasteiger partial charge in [0.25, 0.3) is 0 Å². The first kappa shape index (κ1) is 36.6. The molecule has 266 valence electrons. The molecule has 52 heavy (non-hydrogen) atoms. The van der Waals surface area contributed by atoms with Crippen LogP contribution in [0.3, 0.4) is 0 Å². The molecular weight excluding hydrogens is 693 g/mol. The molecule has 2 aliphatic heterocycles. The molecule has 2 fully saturated rings. The molecule has 6 rings (SSSR count). The minimum atomic E-state index is -0.590. The van der Waals surface area contributed by atoms with Crippen LogP contribution in [0.15, 0.2) is 131 Å². The van der Waals surface area contributed by atoms with E-state index in [-0.39, 0.29) is 36.5 Å². The molecule has 2 unspecified atom stereocenters. The summed E-state index contributed by atoms with van der Waals surface area (Å²) < 4.78 is 0. The quantitative estimate of drug-likeness (QED) is 0.136. The number of carbonyl (C=O) groups excluding carboxylic acids is 4. The van der Waals surface area contributed by atoms with Crippen LogP contribution >= 0.6 is 23.5 Å². The third-order valence-electron chi connectivity index (χ3n) is 8.42. The minimum Gasteiger partial charge on any atom is -0.352 e. The topological polar surface area (TPSA) is 124 Å². The summed E-state index contributed by atoms with van der Waals surface area (Å²) in [6, 6.07) is 38.1. The first-order valence-electron chi connectivity index (χ1n) is 17.3. The Labute approximate surface area is 312 Å².